The number of benzene rings is 1. The fraction of sp³-hybridized carbons (Fsp3) is 0.600. The minimum absolute atomic E-state index is 0.0208. The Hall–Kier alpha value is -1.88. The summed E-state index contributed by atoms with van der Waals surface area (Å²) >= 11 is 0. The standard InChI is InChI=1S/C20H29N3O2/c1-14(2)10-18-20(25)22-12-16(21(3)4)11-17(22)13-23(18)19(24)15-8-6-5-7-9-15/h5-9,14,16-18H,10-13H2,1-4H3/t16-,17-,18-/m0/s1. The lowest BCUT2D eigenvalue weighted by Crippen LogP contribution is -2.61. The van der Waals surface area contributed by atoms with Gasteiger partial charge in [0, 0.05) is 24.7 Å². The lowest BCUT2D eigenvalue weighted by Gasteiger charge is -2.43. The van der Waals surface area contributed by atoms with E-state index in [1.165, 1.54) is 0 Å². The maximum Gasteiger partial charge on any atom is 0.254 e. The van der Waals surface area contributed by atoms with Crippen LogP contribution >= 0.6 is 0 Å². The number of carbonyl (C=O) groups is 2. The molecule has 2 saturated heterocycles. The number of fused-ring (bicyclic) bond motifs is 1. The topological polar surface area (TPSA) is 43.9 Å². The second-order valence-corrected chi connectivity index (χ2v) is 7.97. The molecule has 1 aromatic rings. The van der Waals surface area contributed by atoms with Crippen molar-refractivity contribution >= 4 is 11.8 Å². The minimum Gasteiger partial charge on any atom is -0.335 e. The van der Waals surface area contributed by atoms with Crippen LogP contribution in [0.15, 0.2) is 30.3 Å². The van der Waals surface area contributed by atoms with Gasteiger partial charge in [-0.2, -0.15) is 0 Å². The smallest absolute Gasteiger partial charge is 0.254 e. The molecule has 2 heterocycles. The Labute approximate surface area is 150 Å². The Kier molecular flexibility index (Phi) is 5.13. The number of hydrogen-bond acceptors (Lipinski definition) is 3. The number of hydrogen-bond donors (Lipinski definition) is 0. The zero-order valence-electron chi connectivity index (χ0n) is 15.7. The van der Waals surface area contributed by atoms with E-state index in [1.807, 2.05) is 40.1 Å². The van der Waals surface area contributed by atoms with Gasteiger partial charge in [-0.25, -0.2) is 0 Å². The molecule has 0 bridgehead atoms. The molecule has 5 heteroatoms. The van der Waals surface area contributed by atoms with Crippen molar-refractivity contribution < 1.29 is 9.59 Å². The van der Waals surface area contributed by atoms with Crippen molar-refractivity contribution in [3.63, 3.8) is 0 Å². The molecule has 0 N–H and O–H groups in total. The largest absolute Gasteiger partial charge is 0.335 e. The highest BCUT2D eigenvalue weighted by molar-refractivity contribution is 5.98. The Balaban J connectivity index is 1.87. The zero-order valence-corrected chi connectivity index (χ0v) is 15.7. The molecule has 136 valence electrons. The van der Waals surface area contributed by atoms with Crippen molar-refractivity contribution in [2.75, 3.05) is 27.2 Å². The van der Waals surface area contributed by atoms with Crippen LogP contribution in [0.1, 0.15) is 37.0 Å². The summed E-state index contributed by atoms with van der Waals surface area (Å²) in [4.78, 5) is 32.3. The Morgan fingerprint density at radius 1 is 1.20 bits per heavy atom. The Morgan fingerprint density at radius 3 is 2.48 bits per heavy atom. The molecule has 0 spiro atoms. The molecule has 5 nitrogen and oxygen atoms in total. The SMILES string of the molecule is CC(C)C[C@H]1C(=O)N2C[C@@H](N(C)C)C[C@H]2CN1C(=O)c1ccccc1. The molecule has 3 atom stereocenters. The van der Waals surface area contributed by atoms with Gasteiger partial charge in [0.15, 0.2) is 0 Å². The van der Waals surface area contributed by atoms with Crippen LogP contribution in [0.25, 0.3) is 0 Å². The van der Waals surface area contributed by atoms with Gasteiger partial charge >= 0.3 is 0 Å². The van der Waals surface area contributed by atoms with E-state index in [0.29, 0.717) is 30.5 Å². The molecular weight excluding hydrogens is 314 g/mol. The van der Waals surface area contributed by atoms with E-state index < -0.39 is 0 Å². The summed E-state index contributed by atoms with van der Waals surface area (Å²) in [7, 11) is 4.12. The molecule has 0 aliphatic carbocycles. The monoisotopic (exact) mass is 343 g/mol. The first-order valence-corrected chi connectivity index (χ1v) is 9.21. The molecule has 3 rings (SSSR count). The molecule has 0 saturated carbocycles. The maximum absolute atomic E-state index is 13.2. The van der Waals surface area contributed by atoms with Crippen molar-refractivity contribution in [2.45, 2.75) is 44.8 Å². The van der Waals surface area contributed by atoms with Crippen molar-refractivity contribution in [2.24, 2.45) is 5.92 Å². The zero-order chi connectivity index (χ0) is 18.1. The third-order valence-corrected chi connectivity index (χ3v) is 5.45. The summed E-state index contributed by atoms with van der Waals surface area (Å²) in [6.45, 7) is 5.63. The van der Waals surface area contributed by atoms with Gasteiger partial charge in [-0.15, -0.1) is 0 Å². The highest BCUT2D eigenvalue weighted by Gasteiger charge is 2.47. The van der Waals surface area contributed by atoms with Gasteiger partial charge in [0.05, 0.1) is 6.04 Å². The summed E-state index contributed by atoms with van der Waals surface area (Å²) in [5.41, 5.74) is 0.666. The minimum atomic E-state index is -0.343. The molecule has 2 amide bonds. The second-order valence-electron chi connectivity index (χ2n) is 7.97. The summed E-state index contributed by atoms with van der Waals surface area (Å²) in [5, 5.41) is 0. The van der Waals surface area contributed by atoms with Crippen LogP contribution in [0.3, 0.4) is 0 Å². The average Bonchev–Trinajstić information content (AvgIpc) is 3.02. The van der Waals surface area contributed by atoms with E-state index in [0.717, 1.165) is 13.0 Å². The first-order valence-electron chi connectivity index (χ1n) is 9.21. The van der Waals surface area contributed by atoms with Crippen LogP contribution in [0.4, 0.5) is 0 Å². The highest BCUT2D eigenvalue weighted by atomic mass is 16.2. The first kappa shape index (κ1) is 17.9. The van der Waals surface area contributed by atoms with Crippen LogP contribution < -0.4 is 0 Å². The third kappa shape index (κ3) is 3.56. The average molecular weight is 343 g/mol. The van der Waals surface area contributed by atoms with Crippen LogP contribution in [-0.2, 0) is 4.79 Å². The van der Waals surface area contributed by atoms with Gasteiger partial charge in [0.2, 0.25) is 5.91 Å². The van der Waals surface area contributed by atoms with Crippen LogP contribution in [-0.4, -0.2) is 71.8 Å². The van der Waals surface area contributed by atoms with Gasteiger partial charge in [0.1, 0.15) is 6.04 Å². The van der Waals surface area contributed by atoms with Crippen LogP contribution in [0.5, 0.6) is 0 Å². The maximum atomic E-state index is 13.2. The fourth-order valence-corrected chi connectivity index (χ4v) is 4.03. The van der Waals surface area contributed by atoms with Gasteiger partial charge in [0.25, 0.3) is 5.91 Å². The van der Waals surface area contributed by atoms with Gasteiger partial charge in [-0.05, 0) is 45.0 Å². The molecule has 2 fully saturated rings. The summed E-state index contributed by atoms with van der Waals surface area (Å²) in [5.74, 6) is 0.468. The molecule has 25 heavy (non-hydrogen) atoms. The molecule has 1 aromatic carbocycles. The lowest BCUT2D eigenvalue weighted by atomic mass is 9.96. The number of piperazine rings is 1. The molecular formula is C20H29N3O2. The van der Waals surface area contributed by atoms with E-state index in [4.69, 9.17) is 0 Å². The number of nitrogens with zero attached hydrogens (tertiary/aromatic N) is 3. The summed E-state index contributed by atoms with van der Waals surface area (Å²) in [6.07, 6.45) is 1.65. The fourth-order valence-electron chi connectivity index (χ4n) is 4.03. The number of likely N-dealkylation sites (N-methyl/N-ethyl adjacent to an activating group) is 1. The molecule has 2 aliphatic rings. The number of rotatable bonds is 4. The quantitative estimate of drug-likeness (QED) is 0.841. The third-order valence-electron chi connectivity index (χ3n) is 5.45. The van der Waals surface area contributed by atoms with E-state index in [1.54, 1.807) is 0 Å². The molecule has 0 aromatic heterocycles. The van der Waals surface area contributed by atoms with Crippen molar-refractivity contribution in [3.05, 3.63) is 35.9 Å². The van der Waals surface area contributed by atoms with E-state index in [-0.39, 0.29) is 23.9 Å². The number of amides is 2. The molecule has 0 unspecified atom stereocenters. The van der Waals surface area contributed by atoms with Gasteiger partial charge < -0.3 is 14.7 Å². The molecule has 0 radical (unpaired) electrons. The predicted octanol–water partition coefficient (Wildman–Crippen LogP) is 2.09. The second kappa shape index (κ2) is 7.16. The van der Waals surface area contributed by atoms with Crippen molar-refractivity contribution in [1.82, 2.24) is 14.7 Å². The van der Waals surface area contributed by atoms with Gasteiger partial charge in [-0.3, -0.25) is 9.59 Å². The normalized spacial score (nSPS) is 26.5. The van der Waals surface area contributed by atoms with E-state index >= 15 is 0 Å². The van der Waals surface area contributed by atoms with Crippen LogP contribution in [0.2, 0.25) is 0 Å². The first-order chi connectivity index (χ1) is 11.9. The highest BCUT2D eigenvalue weighted by Crippen LogP contribution is 2.31. The number of carbonyl (C=O) groups excluding carboxylic acids is 2. The molecule has 2 aliphatic heterocycles. The van der Waals surface area contributed by atoms with Crippen molar-refractivity contribution in [3.8, 4) is 0 Å². The predicted molar refractivity (Wildman–Crippen MR) is 98.3 cm³/mol. The van der Waals surface area contributed by atoms with E-state index in [2.05, 4.69) is 32.8 Å². The summed E-state index contributed by atoms with van der Waals surface area (Å²) in [6, 6.07) is 9.50. The van der Waals surface area contributed by atoms with Gasteiger partial charge in [-0.1, -0.05) is 32.0 Å². The lowest BCUT2D eigenvalue weighted by molar-refractivity contribution is -0.142. The van der Waals surface area contributed by atoms with Crippen LogP contribution in [0, 0.1) is 5.92 Å². The van der Waals surface area contributed by atoms with Crippen molar-refractivity contribution in [1.29, 1.82) is 0 Å². The summed E-state index contributed by atoms with van der Waals surface area (Å²) < 4.78 is 0. The Bertz CT molecular complexity index is 629. The Morgan fingerprint density at radius 2 is 1.88 bits per heavy atom. The van der Waals surface area contributed by atoms with E-state index in [9.17, 15) is 9.59 Å².